The number of ether oxygens (including phenoxy) is 1. The van der Waals surface area contributed by atoms with Crippen LogP contribution in [0.25, 0.3) is 0 Å². The van der Waals surface area contributed by atoms with Crippen molar-refractivity contribution in [2.75, 3.05) is 19.7 Å². The number of carbonyl (C=O) groups excluding carboxylic acids is 1. The van der Waals surface area contributed by atoms with Crippen LogP contribution in [0.4, 0.5) is 4.79 Å². The fourth-order valence-electron chi connectivity index (χ4n) is 2.94. The quantitative estimate of drug-likeness (QED) is 0.827. The summed E-state index contributed by atoms with van der Waals surface area (Å²) in [4.78, 5) is 14.0. The van der Waals surface area contributed by atoms with Crippen molar-refractivity contribution in [3.05, 3.63) is 0 Å². The van der Waals surface area contributed by atoms with Gasteiger partial charge in [0.25, 0.3) is 0 Å². The summed E-state index contributed by atoms with van der Waals surface area (Å²) in [6.07, 6.45) is 5.05. The lowest BCUT2D eigenvalue weighted by Gasteiger charge is -2.42. The molecule has 1 aliphatic carbocycles. The van der Waals surface area contributed by atoms with Gasteiger partial charge in [-0.15, -0.1) is 0 Å². The number of likely N-dealkylation sites (tertiary alicyclic amines) is 1. The minimum absolute atomic E-state index is 0.0950. The molecule has 1 heterocycles. The third-order valence-electron chi connectivity index (χ3n) is 4.33. The van der Waals surface area contributed by atoms with E-state index in [0.29, 0.717) is 0 Å². The van der Waals surface area contributed by atoms with E-state index >= 15 is 0 Å². The Balaban J connectivity index is 1.86. The highest BCUT2D eigenvalue weighted by molar-refractivity contribution is 5.69. The van der Waals surface area contributed by atoms with Gasteiger partial charge in [-0.25, -0.2) is 4.79 Å². The molecule has 0 radical (unpaired) electrons. The Labute approximate surface area is 121 Å². The summed E-state index contributed by atoms with van der Waals surface area (Å²) in [5.41, 5.74) is -0.542. The summed E-state index contributed by atoms with van der Waals surface area (Å²) >= 11 is 0. The molecule has 0 bridgehead atoms. The molecule has 5 heteroatoms. The average molecular weight is 284 g/mol. The number of rotatable bonds is 4. The molecule has 1 saturated carbocycles. The van der Waals surface area contributed by atoms with E-state index < -0.39 is 5.60 Å². The van der Waals surface area contributed by atoms with Crippen LogP contribution < -0.4 is 5.32 Å². The second kappa shape index (κ2) is 5.90. The fourth-order valence-corrected chi connectivity index (χ4v) is 2.94. The molecule has 5 nitrogen and oxygen atoms in total. The van der Waals surface area contributed by atoms with Gasteiger partial charge < -0.3 is 20.1 Å². The van der Waals surface area contributed by atoms with E-state index in [2.05, 4.69) is 5.32 Å². The molecule has 2 fully saturated rings. The van der Waals surface area contributed by atoms with Crippen molar-refractivity contribution in [1.29, 1.82) is 0 Å². The van der Waals surface area contributed by atoms with E-state index in [1.54, 1.807) is 0 Å². The van der Waals surface area contributed by atoms with Crippen LogP contribution in [0.5, 0.6) is 0 Å². The summed E-state index contributed by atoms with van der Waals surface area (Å²) in [5.74, 6) is 0. The van der Waals surface area contributed by atoms with Gasteiger partial charge in [-0.3, -0.25) is 0 Å². The van der Waals surface area contributed by atoms with Crippen LogP contribution in [0.2, 0.25) is 0 Å². The maximum absolute atomic E-state index is 12.2. The Kier molecular flexibility index (Phi) is 4.59. The zero-order chi connectivity index (χ0) is 14.8. The molecule has 2 rings (SSSR count). The highest BCUT2D eigenvalue weighted by atomic mass is 16.6. The van der Waals surface area contributed by atoms with E-state index in [-0.39, 0.29) is 24.3 Å². The lowest BCUT2D eigenvalue weighted by Crippen LogP contribution is -2.57. The van der Waals surface area contributed by atoms with Gasteiger partial charge in [-0.2, -0.15) is 0 Å². The maximum atomic E-state index is 12.2. The molecule has 1 aliphatic heterocycles. The maximum Gasteiger partial charge on any atom is 0.410 e. The molecule has 0 aromatic rings. The van der Waals surface area contributed by atoms with Crippen molar-refractivity contribution >= 4 is 6.09 Å². The van der Waals surface area contributed by atoms with Gasteiger partial charge in [0.2, 0.25) is 0 Å². The fraction of sp³-hybridized carbons (Fsp3) is 0.933. The number of nitrogens with zero attached hydrogens (tertiary/aromatic N) is 1. The normalized spacial score (nSPS) is 25.4. The van der Waals surface area contributed by atoms with Crippen LogP contribution in [0.3, 0.4) is 0 Å². The molecule has 20 heavy (non-hydrogen) atoms. The Morgan fingerprint density at radius 2 is 2.10 bits per heavy atom. The molecular formula is C15H28N2O3. The molecule has 1 saturated heterocycles. The number of aliphatic hydroxyl groups excluding tert-OH is 1. The van der Waals surface area contributed by atoms with E-state index in [4.69, 9.17) is 4.74 Å². The zero-order valence-corrected chi connectivity index (χ0v) is 12.9. The first-order chi connectivity index (χ1) is 9.35. The molecule has 2 N–H and O–H groups in total. The van der Waals surface area contributed by atoms with Crippen LogP contribution >= 0.6 is 0 Å². The van der Waals surface area contributed by atoms with Gasteiger partial charge in [0.05, 0.1) is 6.61 Å². The van der Waals surface area contributed by atoms with Crippen molar-refractivity contribution < 1.29 is 14.6 Å². The number of carbonyl (C=O) groups is 1. The number of hydrogen-bond acceptors (Lipinski definition) is 4. The highest BCUT2D eigenvalue weighted by Crippen LogP contribution is 2.31. The number of aliphatic hydroxyl groups is 1. The largest absolute Gasteiger partial charge is 0.444 e. The first-order valence-corrected chi connectivity index (χ1v) is 7.71. The third-order valence-corrected chi connectivity index (χ3v) is 4.33. The molecule has 0 aromatic heterocycles. The molecule has 116 valence electrons. The van der Waals surface area contributed by atoms with Crippen molar-refractivity contribution in [2.45, 2.75) is 70.1 Å². The highest BCUT2D eigenvalue weighted by Gasteiger charge is 2.38. The van der Waals surface area contributed by atoms with Crippen LogP contribution in [0.15, 0.2) is 0 Å². The van der Waals surface area contributed by atoms with Crippen LogP contribution in [-0.4, -0.2) is 53.0 Å². The summed E-state index contributed by atoms with van der Waals surface area (Å²) in [6, 6.07) is 0.189. The summed E-state index contributed by atoms with van der Waals surface area (Å²) < 4.78 is 5.46. The van der Waals surface area contributed by atoms with Crippen LogP contribution in [0.1, 0.15) is 52.9 Å². The van der Waals surface area contributed by atoms with E-state index in [9.17, 15) is 9.90 Å². The Morgan fingerprint density at radius 3 is 2.60 bits per heavy atom. The minimum Gasteiger partial charge on any atom is -0.444 e. The molecule has 2 aliphatic rings. The van der Waals surface area contributed by atoms with Crippen molar-refractivity contribution in [2.24, 2.45) is 0 Å². The van der Waals surface area contributed by atoms with Crippen LogP contribution in [-0.2, 0) is 4.74 Å². The SMILES string of the molecule is CC(C)(C)OC(=O)N1CCCC1CNC1(CO)CCC1. The van der Waals surface area contributed by atoms with Gasteiger partial charge in [0.15, 0.2) is 0 Å². The number of nitrogens with one attached hydrogen (secondary N) is 1. The summed E-state index contributed by atoms with van der Waals surface area (Å²) in [6.45, 7) is 7.38. The van der Waals surface area contributed by atoms with E-state index in [0.717, 1.165) is 38.8 Å². The van der Waals surface area contributed by atoms with Gasteiger partial charge in [-0.05, 0) is 52.9 Å². The van der Waals surface area contributed by atoms with Crippen molar-refractivity contribution in [1.82, 2.24) is 10.2 Å². The first-order valence-electron chi connectivity index (χ1n) is 7.71. The topological polar surface area (TPSA) is 61.8 Å². The van der Waals surface area contributed by atoms with Crippen molar-refractivity contribution in [3.63, 3.8) is 0 Å². The smallest absolute Gasteiger partial charge is 0.410 e. The minimum atomic E-state index is -0.446. The zero-order valence-electron chi connectivity index (χ0n) is 12.9. The Morgan fingerprint density at radius 1 is 1.40 bits per heavy atom. The van der Waals surface area contributed by atoms with E-state index in [1.807, 2.05) is 25.7 Å². The second-order valence-corrected chi connectivity index (χ2v) is 7.14. The van der Waals surface area contributed by atoms with E-state index in [1.165, 1.54) is 6.42 Å². The lowest BCUT2D eigenvalue weighted by molar-refractivity contribution is 0.0200. The molecule has 1 unspecified atom stereocenters. The first kappa shape index (κ1) is 15.6. The van der Waals surface area contributed by atoms with Crippen molar-refractivity contribution in [3.8, 4) is 0 Å². The van der Waals surface area contributed by atoms with Gasteiger partial charge >= 0.3 is 6.09 Å². The average Bonchev–Trinajstić information content (AvgIpc) is 2.74. The lowest BCUT2D eigenvalue weighted by atomic mass is 9.77. The summed E-state index contributed by atoms with van der Waals surface area (Å²) in [5, 5.41) is 12.9. The number of hydrogen-bond donors (Lipinski definition) is 2. The third kappa shape index (κ3) is 3.64. The number of amides is 1. The van der Waals surface area contributed by atoms with Gasteiger partial charge in [0, 0.05) is 24.7 Å². The second-order valence-electron chi connectivity index (χ2n) is 7.14. The van der Waals surface area contributed by atoms with Gasteiger partial charge in [-0.1, -0.05) is 0 Å². The molecule has 0 aromatic carbocycles. The summed E-state index contributed by atoms with van der Waals surface area (Å²) in [7, 11) is 0. The standard InChI is InChI=1S/C15H28N2O3/c1-14(2,3)20-13(19)17-9-4-6-12(17)10-16-15(11-18)7-5-8-15/h12,16,18H,4-11H2,1-3H3. The van der Waals surface area contributed by atoms with Gasteiger partial charge in [0.1, 0.15) is 5.60 Å². The molecule has 0 spiro atoms. The molecular weight excluding hydrogens is 256 g/mol. The monoisotopic (exact) mass is 284 g/mol. The Bertz CT molecular complexity index is 342. The molecule has 1 atom stereocenters. The Hall–Kier alpha value is -0.810. The van der Waals surface area contributed by atoms with Crippen LogP contribution in [0, 0.1) is 0 Å². The predicted octanol–water partition coefficient (Wildman–Crippen LogP) is 1.89. The predicted molar refractivity (Wildman–Crippen MR) is 77.6 cm³/mol. The molecule has 1 amide bonds.